The first-order chi connectivity index (χ1) is 14.6. The molecule has 2 aliphatic rings. The fourth-order valence-corrected chi connectivity index (χ4v) is 5.88. The van der Waals surface area contributed by atoms with E-state index in [0.717, 1.165) is 30.8 Å². The van der Waals surface area contributed by atoms with E-state index in [2.05, 4.69) is 82.7 Å². The van der Waals surface area contributed by atoms with E-state index in [4.69, 9.17) is 9.47 Å². The molecule has 0 amide bonds. The number of hydrogen-bond acceptors (Lipinski definition) is 2. The Hall–Kier alpha value is -2.29. The topological polar surface area (TPSA) is 21.5 Å². The van der Waals surface area contributed by atoms with Gasteiger partial charge in [-0.25, -0.2) is 0 Å². The SMILES string of the molecule is COc1cc2c(cc1OC)C1(C=[N+](c3c(C(C)C)cccc3C(C)C)C(C)(C)C1)CC2. The van der Waals surface area contributed by atoms with Crippen molar-refractivity contribution >= 4 is 11.9 Å². The molecule has 3 nitrogen and oxygen atoms in total. The van der Waals surface area contributed by atoms with Crippen molar-refractivity contribution in [2.24, 2.45) is 0 Å². The summed E-state index contributed by atoms with van der Waals surface area (Å²) in [4.78, 5) is 0. The maximum absolute atomic E-state index is 5.68. The van der Waals surface area contributed by atoms with Crippen molar-refractivity contribution in [2.45, 2.75) is 83.6 Å². The van der Waals surface area contributed by atoms with Crippen LogP contribution in [0.3, 0.4) is 0 Å². The van der Waals surface area contributed by atoms with Gasteiger partial charge in [0.25, 0.3) is 0 Å². The number of rotatable bonds is 5. The second-order valence-corrected chi connectivity index (χ2v) is 10.6. The molecule has 2 aromatic carbocycles. The fraction of sp³-hybridized carbons (Fsp3) is 0.536. The first-order valence-electron chi connectivity index (χ1n) is 11.7. The van der Waals surface area contributed by atoms with Gasteiger partial charge in [-0.1, -0.05) is 45.9 Å². The standard InChI is InChI=1S/C28H38NO2/c1-18(2)21-10-9-11-22(19(3)4)26(21)29-17-28(16-27(29,5)6)13-12-20-14-24(30-7)25(31-8)15-23(20)28/h9-11,14-15,17-19H,12-13,16H2,1-8H3/q+1. The number of para-hydroxylation sites is 1. The van der Waals surface area contributed by atoms with E-state index in [0.29, 0.717) is 11.8 Å². The molecule has 1 spiro atoms. The molecule has 0 saturated heterocycles. The molecule has 4 rings (SSSR count). The molecule has 3 heteroatoms. The predicted octanol–water partition coefficient (Wildman–Crippen LogP) is 6.73. The van der Waals surface area contributed by atoms with Gasteiger partial charge in [0.15, 0.2) is 23.3 Å². The van der Waals surface area contributed by atoms with E-state index in [9.17, 15) is 0 Å². The zero-order chi connectivity index (χ0) is 22.6. The van der Waals surface area contributed by atoms with Crippen molar-refractivity contribution in [3.63, 3.8) is 0 Å². The number of methoxy groups -OCH3 is 2. The average Bonchev–Trinajstić information content (AvgIpc) is 3.21. The van der Waals surface area contributed by atoms with Crippen LogP contribution in [0.5, 0.6) is 11.5 Å². The molecular formula is C28H38NO2+. The minimum Gasteiger partial charge on any atom is -0.493 e. The summed E-state index contributed by atoms with van der Waals surface area (Å²) in [5, 5.41) is 0. The second kappa shape index (κ2) is 7.69. The number of hydrogen-bond donors (Lipinski definition) is 0. The van der Waals surface area contributed by atoms with Crippen molar-refractivity contribution in [3.8, 4) is 11.5 Å². The molecule has 0 saturated carbocycles. The molecule has 0 N–H and O–H groups in total. The van der Waals surface area contributed by atoms with Crippen molar-refractivity contribution in [3.05, 3.63) is 52.6 Å². The van der Waals surface area contributed by atoms with Crippen LogP contribution in [0.15, 0.2) is 30.3 Å². The van der Waals surface area contributed by atoms with Gasteiger partial charge < -0.3 is 9.47 Å². The summed E-state index contributed by atoms with van der Waals surface area (Å²) in [6.07, 6.45) is 5.88. The van der Waals surface area contributed by atoms with Gasteiger partial charge >= 0.3 is 0 Å². The molecular weight excluding hydrogens is 382 g/mol. The van der Waals surface area contributed by atoms with Crippen molar-refractivity contribution in [2.75, 3.05) is 14.2 Å². The van der Waals surface area contributed by atoms with E-state index in [1.54, 1.807) is 14.2 Å². The zero-order valence-electron chi connectivity index (χ0n) is 20.5. The highest BCUT2D eigenvalue weighted by Crippen LogP contribution is 2.52. The lowest BCUT2D eigenvalue weighted by molar-refractivity contribution is -0.513. The largest absolute Gasteiger partial charge is 0.493 e. The Morgan fingerprint density at radius 1 is 0.903 bits per heavy atom. The van der Waals surface area contributed by atoms with Crippen LogP contribution in [-0.4, -0.2) is 30.5 Å². The molecule has 1 unspecified atom stereocenters. The van der Waals surface area contributed by atoms with Crippen LogP contribution in [0.1, 0.15) is 88.5 Å². The van der Waals surface area contributed by atoms with Crippen LogP contribution in [0, 0.1) is 0 Å². The van der Waals surface area contributed by atoms with Gasteiger partial charge in [0.1, 0.15) is 0 Å². The molecule has 0 fully saturated rings. The summed E-state index contributed by atoms with van der Waals surface area (Å²) in [5.41, 5.74) is 7.18. The van der Waals surface area contributed by atoms with Crippen molar-refractivity contribution in [1.82, 2.24) is 0 Å². The minimum atomic E-state index is 0.0312. The van der Waals surface area contributed by atoms with Crippen LogP contribution in [-0.2, 0) is 11.8 Å². The van der Waals surface area contributed by atoms with Crippen LogP contribution < -0.4 is 9.47 Å². The highest BCUT2D eigenvalue weighted by molar-refractivity contribution is 5.77. The predicted molar refractivity (Wildman–Crippen MR) is 129 cm³/mol. The number of aryl methyl sites for hydroxylation is 1. The quantitative estimate of drug-likeness (QED) is 0.500. The van der Waals surface area contributed by atoms with Crippen LogP contribution >= 0.6 is 0 Å². The fourth-order valence-electron chi connectivity index (χ4n) is 5.88. The molecule has 0 aromatic heterocycles. The van der Waals surface area contributed by atoms with E-state index >= 15 is 0 Å². The van der Waals surface area contributed by atoms with Gasteiger partial charge in [-0.05, 0) is 47.9 Å². The molecule has 1 aliphatic heterocycles. The third kappa shape index (κ3) is 3.46. The Bertz CT molecular complexity index is 1010. The first kappa shape index (κ1) is 21.9. The molecule has 0 radical (unpaired) electrons. The lowest BCUT2D eigenvalue weighted by Gasteiger charge is -2.24. The summed E-state index contributed by atoms with van der Waals surface area (Å²) in [6.45, 7) is 14.0. The Morgan fingerprint density at radius 3 is 2.03 bits per heavy atom. The third-order valence-corrected chi connectivity index (χ3v) is 7.35. The Labute approximate surface area is 188 Å². The number of ether oxygens (including phenoxy) is 2. The molecule has 166 valence electrons. The number of benzene rings is 2. The van der Waals surface area contributed by atoms with E-state index in [1.165, 1.54) is 27.9 Å². The highest BCUT2D eigenvalue weighted by atomic mass is 16.5. The number of nitrogens with zero attached hydrogens (tertiary/aromatic N) is 1. The maximum atomic E-state index is 5.68. The van der Waals surface area contributed by atoms with Crippen LogP contribution in [0.25, 0.3) is 0 Å². The summed E-state index contributed by atoms with van der Waals surface area (Å²) in [7, 11) is 3.45. The molecule has 2 aromatic rings. The minimum absolute atomic E-state index is 0.0312. The molecule has 1 aliphatic carbocycles. The average molecular weight is 421 g/mol. The Kier molecular flexibility index (Phi) is 5.44. The van der Waals surface area contributed by atoms with Gasteiger partial charge in [0, 0.05) is 31.4 Å². The van der Waals surface area contributed by atoms with Gasteiger partial charge in [0.2, 0.25) is 5.69 Å². The molecule has 1 heterocycles. The van der Waals surface area contributed by atoms with E-state index < -0.39 is 0 Å². The monoisotopic (exact) mass is 420 g/mol. The maximum Gasteiger partial charge on any atom is 0.212 e. The van der Waals surface area contributed by atoms with Gasteiger partial charge in [-0.15, -0.1) is 0 Å². The summed E-state index contributed by atoms with van der Waals surface area (Å²) in [6, 6.07) is 11.3. The number of fused-ring (bicyclic) bond motifs is 2. The van der Waals surface area contributed by atoms with Crippen LogP contribution in [0.2, 0.25) is 0 Å². The summed E-state index contributed by atoms with van der Waals surface area (Å²) in [5.74, 6) is 2.63. The van der Waals surface area contributed by atoms with Gasteiger partial charge in [0.05, 0.1) is 19.6 Å². The first-order valence-corrected chi connectivity index (χ1v) is 11.7. The molecule has 31 heavy (non-hydrogen) atoms. The van der Waals surface area contributed by atoms with Crippen molar-refractivity contribution in [1.29, 1.82) is 0 Å². The van der Waals surface area contributed by atoms with E-state index in [-0.39, 0.29) is 11.0 Å². The Morgan fingerprint density at radius 2 is 1.48 bits per heavy atom. The summed E-state index contributed by atoms with van der Waals surface area (Å²) >= 11 is 0. The van der Waals surface area contributed by atoms with E-state index in [1.807, 2.05) is 0 Å². The highest BCUT2D eigenvalue weighted by Gasteiger charge is 2.55. The van der Waals surface area contributed by atoms with Gasteiger partial charge in [-0.3, -0.25) is 0 Å². The normalized spacial score (nSPS) is 21.7. The second-order valence-electron chi connectivity index (χ2n) is 10.6. The summed E-state index contributed by atoms with van der Waals surface area (Å²) < 4.78 is 13.9. The van der Waals surface area contributed by atoms with Crippen LogP contribution in [0.4, 0.5) is 5.69 Å². The molecule has 1 atom stereocenters. The third-order valence-electron chi connectivity index (χ3n) is 7.35. The van der Waals surface area contributed by atoms with Gasteiger partial charge in [-0.2, -0.15) is 4.58 Å². The Balaban J connectivity index is 1.93. The van der Waals surface area contributed by atoms with Crippen molar-refractivity contribution < 1.29 is 14.0 Å². The molecule has 0 bridgehead atoms. The smallest absolute Gasteiger partial charge is 0.212 e. The lowest BCUT2D eigenvalue weighted by atomic mass is 9.76. The zero-order valence-corrected chi connectivity index (χ0v) is 20.5. The lowest BCUT2D eigenvalue weighted by Crippen LogP contribution is -2.31.